The molecule has 0 amide bonds. The van der Waals surface area contributed by atoms with E-state index in [1.807, 2.05) is 35.7 Å². The number of halogens is 2. The summed E-state index contributed by atoms with van der Waals surface area (Å²) in [5.41, 5.74) is 5.45. The van der Waals surface area contributed by atoms with Crippen molar-refractivity contribution in [1.29, 1.82) is 0 Å². The number of rotatable bonds is 13. The van der Waals surface area contributed by atoms with Crippen LogP contribution in [-0.4, -0.2) is 93.3 Å². The molecule has 0 saturated heterocycles. The fourth-order valence-corrected chi connectivity index (χ4v) is 14.9. The lowest BCUT2D eigenvalue weighted by atomic mass is 10.4. The quantitative estimate of drug-likeness (QED) is 0.0617. The Morgan fingerprint density at radius 1 is 0.554 bits per heavy atom. The van der Waals surface area contributed by atoms with Gasteiger partial charge in [-0.2, -0.15) is 0 Å². The van der Waals surface area contributed by atoms with Gasteiger partial charge in [0.25, 0.3) is 0 Å². The van der Waals surface area contributed by atoms with Crippen molar-refractivity contribution in [3.05, 3.63) is 146 Å². The molecule has 16 nitrogen and oxygen atoms in total. The molecule has 0 aromatic carbocycles. The number of pyridine rings is 4. The Morgan fingerprint density at radius 2 is 1.01 bits per heavy atom. The number of thiophene rings is 4. The van der Waals surface area contributed by atoms with Gasteiger partial charge in [0.15, 0.2) is 70.8 Å². The normalized spacial score (nSPS) is 11.4. The Bertz CT molecular complexity index is 3700. The number of carbonyl (C=O) groups excluding carboxylic acids is 1. The van der Waals surface area contributed by atoms with E-state index >= 15 is 0 Å². The number of aldehydes is 1. The van der Waals surface area contributed by atoms with Crippen LogP contribution >= 0.6 is 106 Å². The molecule has 0 saturated carbocycles. The Kier molecular flexibility index (Phi) is 25.6. The van der Waals surface area contributed by atoms with Gasteiger partial charge in [0.2, 0.25) is 9.84 Å². The van der Waals surface area contributed by atoms with E-state index < -0.39 is 49.2 Å². The smallest absolute Gasteiger partial charge is 0.233 e. The highest BCUT2D eigenvalue weighted by atomic mass is 35.5. The average molecular weight is 1280 g/mol. The van der Waals surface area contributed by atoms with Gasteiger partial charge in [-0.25, -0.2) is 62.0 Å². The molecule has 0 aliphatic rings. The van der Waals surface area contributed by atoms with Crippen LogP contribution in [0.25, 0.3) is 0 Å². The van der Waals surface area contributed by atoms with Crippen molar-refractivity contribution in [3.8, 4) is 0 Å². The van der Waals surface area contributed by atoms with Crippen molar-refractivity contribution < 1.29 is 46.9 Å². The van der Waals surface area contributed by atoms with Crippen molar-refractivity contribution in [2.75, 3.05) is 25.0 Å². The number of nitrogens with zero attached hydrogens (tertiary/aromatic N) is 4. The third-order valence-corrected chi connectivity index (χ3v) is 21.2. The summed E-state index contributed by atoms with van der Waals surface area (Å²) in [4.78, 5) is 28.8. The summed E-state index contributed by atoms with van der Waals surface area (Å²) in [6.45, 7) is 2.36. The lowest BCUT2D eigenvalue weighted by Crippen LogP contribution is -2.07. The van der Waals surface area contributed by atoms with Crippen LogP contribution in [0.1, 0.15) is 26.3 Å². The first kappa shape index (κ1) is 64.7. The van der Waals surface area contributed by atoms with E-state index in [1.54, 1.807) is 59.1 Å². The van der Waals surface area contributed by atoms with E-state index in [-0.39, 0.29) is 53.4 Å². The maximum atomic E-state index is 12.4. The van der Waals surface area contributed by atoms with Crippen LogP contribution in [0.2, 0.25) is 5.15 Å². The lowest BCUT2D eigenvalue weighted by Gasteiger charge is -2.03. The second-order valence-corrected chi connectivity index (χ2v) is 32.4. The summed E-state index contributed by atoms with van der Waals surface area (Å²) in [6.07, 6.45) is 6.16. The maximum Gasteiger partial charge on any atom is 0.233 e. The topological polar surface area (TPSA) is 265 Å². The largest absolute Gasteiger partial charge is 0.326 e. The molecule has 0 bridgehead atoms. The summed E-state index contributed by atoms with van der Waals surface area (Å²) >= 11 is 18.1. The molecule has 0 aliphatic heterocycles. The zero-order valence-corrected chi connectivity index (χ0v) is 50.6. The van der Waals surface area contributed by atoms with E-state index in [4.69, 9.17) is 17.3 Å². The fraction of sp³-hybridized carbons (Fsp3) is 0.159. The molecule has 0 spiro atoms. The van der Waals surface area contributed by atoms with Crippen molar-refractivity contribution >= 4 is 161 Å². The Morgan fingerprint density at radius 3 is 1.41 bits per heavy atom. The average Bonchev–Trinajstić information content (AvgIpc) is 4.19. The van der Waals surface area contributed by atoms with Gasteiger partial charge in [-0.05, 0) is 103 Å². The van der Waals surface area contributed by atoms with Crippen molar-refractivity contribution in [3.63, 3.8) is 0 Å². The standard InChI is InChI=1S/C12H13NO2S3.C11H12N2O4S3.C11H9NO3S3.C6H6ClNO2S.C4H4S2.ClH/c1-3-9-7-8-12(16-9)17-10-5-4-6-11(13-10)18(2,14)15;1-19(14,15)9-3-2-4-10(13-9)20(16,17)11-6-5-8(7-12)18-11;1-18(14,15)10-4-2-3-9(12-10)17-11-6-5-8(7-13)16-11;1-11(9,10)6-4-2-3-5(7)8-6;5-4-2-1-3-6-4;/h4-8H,3H2,1-2H3;2-6H,7,12H2,1H3;2-7H,1H3;2-4H,1H3;1-3,5H;1H. The second kappa shape index (κ2) is 29.2. The molecule has 8 aromatic heterocycles. The number of carbonyl (C=O) groups is 1. The first-order valence-corrected chi connectivity index (χ1v) is 35.1. The van der Waals surface area contributed by atoms with E-state index in [9.17, 15) is 46.9 Å². The van der Waals surface area contributed by atoms with Crippen LogP contribution in [0.4, 0.5) is 0 Å². The van der Waals surface area contributed by atoms with Gasteiger partial charge in [-0.1, -0.05) is 72.4 Å². The molecule has 8 rings (SSSR count). The number of sulfone groups is 5. The Hall–Kier alpha value is -3.59. The van der Waals surface area contributed by atoms with Gasteiger partial charge in [0.1, 0.15) is 19.4 Å². The minimum atomic E-state index is -3.82. The summed E-state index contributed by atoms with van der Waals surface area (Å²) in [7, 11) is -17.1. The lowest BCUT2D eigenvalue weighted by molar-refractivity contribution is 0.112. The van der Waals surface area contributed by atoms with Crippen molar-refractivity contribution in [2.24, 2.45) is 5.73 Å². The number of hydrogen-bond acceptors (Lipinski definition) is 23. The number of nitrogens with two attached hydrogens (primary N) is 1. The van der Waals surface area contributed by atoms with E-state index in [0.29, 0.717) is 14.9 Å². The number of aryl methyl sites for hydroxylation is 1. The Labute approximate surface area is 472 Å². The predicted octanol–water partition coefficient (Wildman–Crippen LogP) is 10.2. The minimum absolute atomic E-state index is 0. The van der Waals surface area contributed by atoms with Crippen LogP contribution in [0.3, 0.4) is 0 Å². The molecule has 8 heterocycles. The zero-order valence-electron chi connectivity index (χ0n) is 39.2. The molecule has 0 fully saturated rings. The SMILES string of the molecule is CCc1ccc(Sc2cccc(S(C)(=O)=O)n2)s1.CS(=O)(=O)c1cccc(Cl)n1.CS(=O)(=O)c1cccc(S(=O)(=O)c2ccc(CN)s2)n1.CS(=O)(=O)c1cccc(Sc2ccc(C=O)s2)n1.Cl.Sc1cccs1. The van der Waals surface area contributed by atoms with Gasteiger partial charge in [0.05, 0.1) is 17.5 Å². The second-order valence-electron chi connectivity index (χ2n) is 14.3. The molecule has 30 heteroatoms. The van der Waals surface area contributed by atoms with Crippen LogP contribution in [0.15, 0.2) is 179 Å². The van der Waals surface area contributed by atoms with Crippen LogP contribution in [0.5, 0.6) is 0 Å². The van der Waals surface area contributed by atoms with Crippen LogP contribution < -0.4 is 5.73 Å². The van der Waals surface area contributed by atoms with Gasteiger partial charge >= 0.3 is 0 Å². The van der Waals surface area contributed by atoms with Crippen LogP contribution in [-0.2, 0) is 62.2 Å². The molecule has 8 aromatic rings. The molecule has 0 aliphatic carbocycles. The van der Waals surface area contributed by atoms with Gasteiger partial charge in [0, 0.05) is 41.3 Å². The minimum Gasteiger partial charge on any atom is -0.326 e. The first-order valence-electron chi connectivity index (χ1n) is 20.2. The monoisotopic (exact) mass is 1270 g/mol. The third kappa shape index (κ3) is 21.4. The molecule has 0 radical (unpaired) electrons. The van der Waals surface area contributed by atoms with Crippen molar-refractivity contribution in [1.82, 2.24) is 19.9 Å². The summed E-state index contributed by atoms with van der Waals surface area (Å²) in [5, 5.41) is 3.12. The molecule has 2 N–H and O–H groups in total. The van der Waals surface area contributed by atoms with E-state index in [1.165, 1.54) is 94.5 Å². The number of aromatic nitrogens is 4. The highest BCUT2D eigenvalue weighted by Crippen LogP contribution is 2.34. The summed E-state index contributed by atoms with van der Waals surface area (Å²) in [5.74, 6) is 0. The highest BCUT2D eigenvalue weighted by molar-refractivity contribution is 8.01. The predicted molar refractivity (Wildman–Crippen MR) is 303 cm³/mol. The highest BCUT2D eigenvalue weighted by Gasteiger charge is 2.23. The van der Waals surface area contributed by atoms with Crippen molar-refractivity contribution in [2.45, 2.75) is 71.9 Å². The van der Waals surface area contributed by atoms with Gasteiger partial charge in [-0.15, -0.1) is 70.4 Å². The van der Waals surface area contributed by atoms with Crippen LogP contribution in [0, 0.1) is 0 Å². The molecular weight excluding hydrogens is 1230 g/mol. The molecule has 74 heavy (non-hydrogen) atoms. The third-order valence-electron chi connectivity index (χ3n) is 8.30. The zero-order chi connectivity index (χ0) is 54.2. The molecule has 0 unspecified atom stereocenters. The molecular formula is C44H45Cl2N5O11S12. The fourth-order valence-electron chi connectivity index (χ4n) is 4.91. The number of hydrogen-bond donors (Lipinski definition) is 2. The van der Waals surface area contributed by atoms with Gasteiger partial charge < -0.3 is 5.73 Å². The Balaban J connectivity index is 0.000000253. The van der Waals surface area contributed by atoms with E-state index in [2.05, 4.69) is 45.6 Å². The molecule has 398 valence electrons. The maximum absolute atomic E-state index is 12.4. The summed E-state index contributed by atoms with van der Waals surface area (Å²) in [6, 6.07) is 33.0. The van der Waals surface area contributed by atoms with Gasteiger partial charge in [-0.3, -0.25) is 4.79 Å². The number of thiol groups is 1. The first-order chi connectivity index (χ1) is 34.1. The summed E-state index contributed by atoms with van der Waals surface area (Å²) < 4.78 is 118. The molecule has 0 atom stereocenters. The van der Waals surface area contributed by atoms with E-state index in [0.717, 1.165) is 60.3 Å².